The molecule has 120 valence electrons. The predicted molar refractivity (Wildman–Crippen MR) is 74.4 cm³/mol. The third-order valence-electron chi connectivity index (χ3n) is 2.50. The molecule has 1 unspecified atom stereocenters. The summed E-state index contributed by atoms with van der Waals surface area (Å²) in [6.07, 6.45) is -5.12. The summed E-state index contributed by atoms with van der Waals surface area (Å²) in [5.41, 5.74) is 0. The van der Waals surface area contributed by atoms with Gasteiger partial charge in [0.05, 0.1) is 14.2 Å². The summed E-state index contributed by atoms with van der Waals surface area (Å²) in [7, 11) is -1.39. The first-order valence-electron chi connectivity index (χ1n) is 5.60. The Bertz CT molecular complexity index is 597. The van der Waals surface area contributed by atoms with Crippen LogP contribution in [0.2, 0.25) is 0 Å². The third kappa shape index (κ3) is 4.50. The van der Waals surface area contributed by atoms with E-state index in [1.165, 1.54) is 26.4 Å². The number of nitrogens with one attached hydrogen (secondary N) is 1. The molecule has 21 heavy (non-hydrogen) atoms. The van der Waals surface area contributed by atoms with Crippen molar-refractivity contribution < 1.29 is 31.8 Å². The van der Waals surface area contributed by atoms with Gasteiger partial charge in [0.25, 0.3) is 6.43 Å². The molecule has 0 amide bonds. The molecule has 6 nitrogen and oxygen atoms in total. The number of hydrogen-bond acceptors (Lipinski definition) is 5. The highest BCUT2D eigenvalue weighted by atomic mass is 79.9. The summed E-state index contributed by atoms with van der Waals surface area (Å²) in [5.74, 6) is 0.464. The largest absolute Gasteiger partial charge is 0.493 e. The van der Waals surface area contributed by atoms with Gasteiger partial charge < -0.3 is 14.6 Å². The highest BCUT2D eigenvalue weighted by molar-refractivity contribution is 9.10. The number of ether oxygens (including phenoxy) is 2. The zero-order chi connectivity index (χ0) is 16.2. The van der Waals surface area contributed by atoms with Crippen LogP contribution in [-0.4, -0.2) is 46.8 Å². The maximum Gasteiger partial charge on any atom is 0.265 e. The zero-order valence-electron chi connectivity index (χ0n) is 11.1. The van der Waals surface area contributed by atoms with E-state index in [2.05, 4.69) is 15.9 Å². The van der Waals surface area contributed by atoms with Crippen LogP contribution in [0.4, 0.5) is 8.78 Å². The monoisotopic (exact) mass is 389 g/mol. The van der Waals surface area contributed by atoms with Gasteiger partial charge in [-0.25, -0.2) is 21.9 Å². The quantitative estimate of drug-likeness (QED) is 0.735. The lowest BCUT2D eigenvalue weighted by Crippen LogP contribution is -2.36. The Morgan fingerprint density at radius 1 is 1.29 bits per heavy atom. The van der Waals surface area contributed by atoms with Gasteiger partial charge in [0, 0.05) is 17.1 Å². The molecule has 0 heterocycles. The van der Waals surface area contributed by atoms with E-state index in [1.807, 2.05) is 4.72 Å². The molecule has 2 N–H and O–H groups in total. The summed E-state index contributed by atoms with van der Waals surface area (Å²) >= 11 is 3.06. The molecule has 0 aromatic heterocycles. The van der Waals surface area contributed by atoms with Crippen LogP contribution >= 0.6 is 15.9 Å². The first-order valence-corrected chi connectivity index (χ1v) is 7.88. The lowest BCUT2D eigenvalue weighted by atomic mass is 10.3. The van der Waals surface area contributed by atoms with E-state index < -0.39 is 29.1 Å². The van der Waals surface area contributed by atoms with Gasteiger partial charge in [0.1, 0.15) is 11.0 Å². The number of aliphatic hydroxyl groups excluding tert-OH is 1. The maximum absolute atomic E-state index is 12.2. The Labute approximate surface area is 129 Å². The van der Waals surface area contributed by atoms with E-state index >= 15 is 0 Å². The fourth-order valence-electron chi connectivity index (χ4n) is 1.40. The van der Waals surface area contributed by atoms with Gasteiger partial charge in [-0.1, -0.05) is 0 Å². The van der Waals surface area contributed by atoms with Crippen LogP contribution in [0.1, 0.15) is 0 Å². The number of aliphatic hydroxyl groups is 1. The van der Waals surface area contributed by atoms with Gasteiger partial charge in [0.15, 0.2) is 11.5 Å². The number of alkyl halides is 2. The second kappa shape index (κ2) is 7.34. The van der Waals surface area contributed by atoms with Crippen molar-refractivity contribution in [2.75, 3.05) is 20.8 Å². The number of sulfonamides is 1. The summed E-state index contributed by atoms with van der Waals surface area (Å²) in [4.78, 5) is -0.221. The molecule has 0 aliphatic rings. The minimum Gasteiger partial charge on any atom is -0.493 e. The first-order chi connectivity index (χ1) is 9.72. The zero-order valence-corrected chi connectivity index (χ0v) is 13.5. The summed E-state index contributed by atoms with van der Waals surface area (Å²) in [6.45, 7) is -0.805. The molecule has 10 heteroatoms. The second-order valence-corrected chi connectivity index (χ2v) is 6.48. The molecule has 0 bridgehead atoms. The van der Waals surface area contributed by atoms with Crippen LogP contribution < -0.4 is 14.2 Å². The smallest absolute Gasteiger partial charge is 0.265 e. The number of methoxy groups -OCH3 is 2. The molecule has 1 aromatic carbocycles. The van der Waals surface area contributed by atoms with Gasteiger partial charge in [0.2, 0.25) is 10.0 Å². The van der Waals surface area contributed by atoms with Crippen molar-refractivity contribution in [3.63, 3.8) is 0 Å². The topological polar surface area (TPSA) is 84.9 Å². The first kappa shape index (κ1) is 18.1. The van der Waals surface area contributed by atoms with Crippen LogP contribution in [0, 0.1) is 0 Å². The van der Waals surface area contributed by atoms with E-state index in [9.17, 15) is 17.2 Å². The summed E-state index contributed by atoms with van der Waals surface area (Å²) in [5, 5.41) is 8.96. The van der Waals surface area contributed by atoms with Crippen LogP contribution in [0.15, 0.2) is 21.5 Å². The number of halogens is 3. The Kier molecular flexibility index (Phi) is 6.32. The van der Waals surface area contributed by atoms with Crippen molar-refractivity contribution in [2.24, 2.45) is 0 Å². The van der Waals surface area contributed by atoms with Crippen LogP contribution in [0.5, 0.6) is 11.5 Å². The predicted octanol–water partition coefficient (Wildman–Crippen LogP) is 1.37. The van der Waals surface area contributed by atoms with Gasteiger partial charge in [-0.15, -0.1) is 0 Å². The molecule has 0 aliphatic carbocycles. The van der Waals surface area contributed by atoms with Gasteiger partial charge in [-0.2, -0.15) is 0 Å². The molecule has 0 aliphatic heterocycles. The van der Waals surface area contributed by atoms with Gasteiger partial charge in [-0.05, 0) is 22.0 Å². The normalized spacial score (nSPS) is 13.3. The average molecular weight is 390 g/mol. The Morgan fingerprint density at radius 2 is 1.81 bits per heavy atom. The molecule has 1 aromatic rings. The highest BCUT2D eigenvalue weighted by Gasteiger charge is 2.24. The number of benzene rings is 1. The summed E-state index contributed by atoms with van der Waals surface area (Å²) in [6, 6.07) is 2.55. The van der Waals surface area contributed by atoms with Crippen molar-refractivity contribution in [1.82, 2.24) is 4.72 Å². The lowest BCUT2D eigenvalue weighted by molar-refractivity contribution is -0.000453. The van der Waals surface area contributed by atoms with E-state index in [4.69, 9.17) is 14.6 Å². The Morgan fingerprint density at radius 3 is 2.29 bits per heavy atom. The Balaban J connectivity index is 3.08. The molecule has 0 fully saturated rings. The van der Waals surface area contributed by atoms with Crippen molar-refractivity contribution in [1.29, 1.82) is 0 Å². The van der Waals surface area contributed by atoms with Gasteiger partial charge in [-0.3, -0.25) is 0 Å². The van der Waals surface area contributed by atoms with Crippen LogP contribution in [-0.2, 0) is 10.0 Å². The maximum atomic E-state index is 12.2. The Hall–Kier alpha value is -0.970. The van der Waals surface area contributed by atoms with Crippen molar-refractivity contribution in [2.45, 2.75) is 17.4 Å². The standard InChI is InChI=1S/C11H14BrF2NO5S/c1-19-8-3-6(12)10(4-9(8)20-2)21(17,18)15-5-7(16)11(13)14/h3-4,7,11,15-16H,5H2,1-2H3. The highest BCUT2D eigenvalue weighted by Crippen LogP contribution is 2.35. The fraction of sp³-hybridized carbons (Fsp3) is 0.455. The fourth-order valence-corrected chi connectivity index (χ4v) is 3.49. The molecular weight excluding hydrogens is 376 g/mol. The van der Waals surface area contributed by atoms with E-state index in [0.717, 1.165) is 0 Å². The van der Waals surface area contributed by atoms with Crippen molar-refractivity contribution >= 4 is 26.0 Å². The molecule has 1 rings (SSSR count). The molecule has 0 saturated heterocycles. The van der Waals surface area contributed by atoms with Crippen LogP contribution in [0.25, 0.3) is 0 Å². The molecule has 0 spiro atoms. The van der Waals surface area contributed by atoms with Crippen molar-refractivity contribution in [3.8, 4) is 11.5 Å². The molecule has 0 saturated carbocycles. The average Bonchev–Trinajstić information content (AvgIpc) is 2.43. The number of rotatable bonds is 7. The van der Waals surface area contributed by atoms with Crippen molar-refractivity contribution in [3.05, 3.63) is 16.6 Å². The van der Waals surface area contributed by atoms with E-state index in [0.29, 0.717) is 5.75 Å². The molecule has 1 atom stereocenters. The van der Waals surface area contributed by atoms with Crippen LogP contribution in [0.3, 0.4) is 0 Å². The summed E-state index contributed by atoms with van der Waals surface area (Å²) < 4.78 is 60.5. The minimum absolute atomic E-state index is 0.162. The lowest BCUT2D eigenvalue weighted by Gasteiger charge is -2.14. The van der Waals surface area contributed by atoms with E-state index in [-0.39, 0.29) is 15.1 Å². The van der Waals surface area contributed by atoms with Gasteiger partial charge >= 0.3 is 0 Å². The molecule has 0 radical (unpaired) electrons. The minimum atomic E-state index is -4.10. The SMILES string of the molecule is COc1cc(Br)c(S(=O)(=O)NCC(O)C(F)F)cc1OC. The second-order valence-electron chi connectivity index (χ2n) is 3.89. The number of hydrogen-bond donors (Lipinski definition) is 2. The molecular formula is C11H14BrF2NO5S. The van der Waals surface area contributed by atoms with E-state index in [1.54, 1.807) is 0 Å². The third-order valence-corrected chi connectivity index (χ3v) is 4.88.